The van der Waals surface area contributed by atoms with Crippen LogP contribution in [-0.2, 0) is 65.4 Å². The van der Waals surface area contributed by atoms with E-state index in [1.54, 1.807) is 0 Å². The van der Waals surface area contributed by atoms with Crippen LogP contribution >= 0.6 is 15.6 Å². The van der Waals surface area contributed by atoms with Gasteiger partial charge in [0.1, 0.15) is 19.3 Å². The Labute approximate surface area is 607 Å². The highest BCUT2D eigenvalue weighted by Gasteiger charge is 2.30. The zero-order valence-electron chi connectivity index (χ0n) is 65.0. The van der Waals surface area contributed by atoms with Crippen molar-refractivity contribution in [2.45, 2.75) is 433 Å². The molecule has 0 aromatic rings. The highest BCUT2D eigenvalue weighted by atomic mass is 31.2. The van der Waals surface area contributed by atoms with Gasteiger partial charge in [0, 0.05) is 25.7 Å². The van der Waals surface area contributed by atoms with Gasteiger partial charge in [0.2, 0.25) is 0 Å². The van der Waals surface area contributed by atoms with Gasteiger partial charge in [-0.1, -0.05) is 363 Å². The Morgan fingerprint density at radius 1 is 0.293 bits per heavy atom. The lowest BCUT2D eigenvalue weighted by molar-refractivity contribution is -0.161. The molecule has 0 aromatic carbocycles. The van der Waals surface area contributed by atoms with Crippen molar-refractivity contribution in [3.8, 4) is 0 Å². The Kier molecular flexibility index (Phi) is 69.0. The highest BCUT2D eigenvalue weighted by Crippen LogP contribution is 2.45. The van der Waals surface area contributed by atoms with E-state index in [-0.39, 0.29) is 25.7 Å². The van der Waals surface area contributed by atoms with E-state index in [2.05, 4.69) is 48.5 Å². The van der Waals surface area contributed by atoms with Gasteiger partial charge < -0.3 is 33.8 Å². The second kappa shape index (κ2) is 70.4. The molecule has 0 aromatic heterocycles. The third-order valence-electron chi connectivity index (χ3n) is 19.0. The van der Waals surface area contributed by atoms with Gasteiger partial charge in [0.05, 0.1) is 26.4 Å². The molecule has 0 rings (SSSR count). The minimum atomic E-state index is -4.96. The Hall–Kier alpha value is -1.94. The number of phosphoric ester groups is 2. The maximum absolute atomic E-state index is 13.1. The van der Waals surface area contributed by atoms with Crippen molar-refractivity contribution in [1.29, 1.82) is 0 Å². The topological polar surface area (TPSA) is 237 Å². The van der Waals surface area contributed by atoms with Crippen molar-refractivity contribution >= 4 is 39.5 Å². The molecule has 0 aliphatic rings. The number of rotatable bonds is 78. The van der Waals surface area contributed by atoms with Crippen LogP contribution in [0.1, 0.15) is 414 Å². The minimum Gasteiger partial charge on any atom is -0.462 e. The summed E-state index contributed by atoms with van der Waals surface area (Å²) in [7, 11) is -9.92. The fourth-order valence-electron chi connectivity index (χ4n) is 12.3. The van der Waals surface area contributed by atoms with Crippen LogP contribution in [0.15, 0.2) is 0 Å². The van der Waals surface area contributed by atoms with Gasteiger partial charge in [-0.2, -0.15) is 0 Å². The standard InChI is InChI=1S/C80H156O17P2/c1-8-10-11-12-13-40-47-54-61-77(82)90-67-75(96-80(85)64-57-50-43-36-30-29-33-39-46-53-60-73(7)9-2)69-94-98(86,87)92-65-74(81)66-93-99(88,89)95-70-76(68-91-78(83)62-55-48-41-34-27-23-20-16-18-22-26-32-38-45-52-59-72(5)6)97-79(84)63-56-49-42-35-28-24-19-15-14-17-21-25-31-37-44-51-58-71(3)4/h71-76,81H,8-70H2,1-7H3,(H,86,87)(H,88,89)/t73?,74-,75+,76+/m0/s1. The van der Waals surface area contributed by atoms with Crippen LogP contribution in [0.4, 0.5) is 0 Å². The highest BCUT2D eigenvalue weighted by molar-refractivity contribution is 7.47. The van der Waals surface area contributed by atoms with Crippen LogP contribution in [0.5, 0.6) is 0 Å². The fraction of sp³-hybridized carbons (Fsp3) is 0.950. The van der Waals surface area contributed by atoms with E-state index in [1.165, 1.54) is 218 Å². The van der Waals surface area contributed by atoms with E-state index in [9.17, 15) is 43.2 Å². The summed E-state index contributed by atoms with van der Waals surface area (Å²) >= 11 is 0. The molecule has 3 unspecified atom stereocenters. The largest absolute Gasteiger partial charge is 0.472 e. The Balaban J connectivity index is 5.21. The summed E-state index contributed by atoms with van der Waals surface area (Å²) in [6, 6.07) is 0. The first-order valence-electron chi connectivity index (χ1n) is 41.4. The third kappa shape index (κ3) is 72.8. The first-order chi connectivity index (χ1) is 47.8. The number of carbonyl (C=O) groups is 4. The Morgan fingerprint density at radius 3 is 0.768 bits per heavy atom. The van der Waals surface area contributed by atoms with Crippen molar-refractivity contribution in [1.82, 2.24) is 0 Å². The van der Waals surface area contributed by atoms with Gasteiger partial charge in [-0.3, -0.25) is 37.3 Å². The van der Waals surface area contributed by atoms with Gasteiger partial charge in [0.25, 0.3) is 0 Å². The molecule has 19 heteroatoms. The number of aliphatic hydroxyl groups is 1. The smallest absolute Gasteiger partial charge is 0.462 e. The molecule has 0 bridgehead atoms. The number of ether oxygens (including phenoxy) is 4. The van der Waals surface area contributed by atoms with Crippen LogP contribution in [-0.4, -0.2) is 96.7 Å². The van der Waals surface area contributed by atoms with Gasteiger partial charge in [-0.25, -0.2) is 9.13 Å². The number of esters is 4. The zero-order valence-corrected chi connectivity index (χ0v) is 66.8. The summed E-state index contributed by atoms with van der Waals surface area (Å²) in [6.45, 7) is 12.0. The number of aliphatic hydroxyl groups excluding tert-OH is 1. The van der Waals surface area contributed by atoms with Crippen LogP contribution in [0.2, 0.25) is 0 Å². The molecule has 0 saturated carbocycles. The van der Waals surface area contributed by atoms with E-state index < -0.39 is 97.5 Å². The predicted octanol–water partition coefficient (Wildman–Crippen LogP) is 23.7. The van der Waals surface area contributed by atoms with Crippen molar-refractivity contribution < 1.29 is 80.2 Å². The van der Waals surface area contributed by atoms with Gasteiger partial charge in [0.15, 0.2) is 12.2 Å². The van der Waals surface area contributed by atoms with Crippen molar-refractivity contribution in [3.05, 3.63) is 0 Å². The lowest BCUT2D eigenvalue weighted by atomic mass is 9.99. The maximum Gasteiger partial charge on any atom is 0.472 e. The average Bonchev–Trinajstić information content (AvgIpc) is 0.982. The molecule has 588 valence electrons. The fourth-order valence-corrected chi connectivity index (χ4v) is 13.9. The zero-order chi connectivity index (χ0) is 73.0. The quantitative estimate of drug-likeness (QED) is 0.0222. The lowest BCUT2D eigenvalue weighted by Gasteiger charge is -2.21. The monoisotopic (exact) mass is 1450 g/mol. The minimum absolute atomic E-state index is 0.106. The summed E-state index contributed by atoms with van der Waals surface area (Å²) in [5.41, 5.74) is 0. The molecule has 17 nitrogen and oxygen atoms in total. The van der Waals surface area contributed by atoms with Gasteiger partial charge in [-0.15, -0.1) is 0 Å². The normalized spacial score (nSPS) is 14.3. The molecule has 0 spiro atoms. The third-order valence-corrected chi connectivity index (χ3v) is 20.9. The SMILES string of the molecule is CCCCCCCCCCC(=O)OC[C@H](COP(=O)(O)OC[C@H](O)COP(=O)(O)OC[C@@H](COC(=O)CCCCCCCCCCCCCCCCCC(C)C)OC(=O)CCCCCCCCCCCCCCCCCCC(C)C)OC(=O)CCCCCCCCCCCCC(C)CC. The van der Waals surface area contributed by atoms with Crippen LogP contribution in [0, 0.1) is 17.8 Å². The van der Waals surface area contributed by atoms with E-state index >= 15 is 0 Å². The summed E-state index contributed by atoms with van der Waals surface area (Å²) in [4.78, 5) is 72.9. The van der Waals surface area contributed by atoms with E-state index in [0.717, 1.165) is 114 Å². The number of unbranched alkanes of at least 4 members (excludes halogenated alkanes) is 45. The molecule has 0 heterocycles. The lowest BCUT2D eigenvalue weighted by Crippen LogP contribution is -2.30. The summed E-state index contributed by atoms with van der Waals surface area (Å²) in [5.74, 6) is 0.304. The summed E-state index contributed by atoms with van der Waals surface area (Å²) in [5, 5.41) is 10.6. The maximum atomic E-state index is 13.1. The van der Waals surface area contributed by atoms with Crippen LogP contribution in [0.3, 0.4) is 0 Å². The number of carbonyl (C=O) groups excluding carboxylic acids is 4. The molecule has 0 aliphatic heterocycles. The molecular weight excluding hydrogens is 1290 g/mol. The van der Waals surface area contributed by atoms with Crippen molar-refractivity contribution in [2.24, 2.45) is 17.8 Å². The Bertz CT molecular complexity index is 1920. The van der Waals surface area contributed by atoms with Crippen molar-refractivity contribution in [2.75, 3.05) is 39.6 Å². The van der Waals surface area contributed by atoms with E-state index in [4.69, 9.17) is 37.0 Å². The summed E-state index contributed by atoms with van der Waals surface area (Å²) < 4.78 is 68.6. The molecule has 3 N–H and O–H groups in total. The molecule has 0 radical (unpaired) electrons. The first kappa shape index (κ1) is 97.1. The van der Waals surface area contributed by atoms with Gasteiger partial charge in [-0.05, 0) is 43.4 Å². The van der Waals surface area contributed by atoms with Crippen LogP contribution < -0.4 is 0 Å². The molecular formula is C80H156O17P2. The molecule has 99 heavy (non-hydrogen) atoms. The predicted molar refractivity (Wildman–Crippen MR) is 405 cm³/mol. The molecule has 0 saturated heterocycles. The van der Waals surface area contributed by atoms with E-state index in [0.29, 0.717) is 25.7 Å². The van der Waals surface area contributed by atoms with Crippen LogP contribution in [0.25, 0.3) is 0 Å². The first-order valence-corrected chi connectivity index (χ1v) is 44.4. The average molecular weight is 1450 g/mol. The van der Waals surface area contributed by atoms with Crippen molar-refractivity contribution in [3.63, 3.8) is 0 Å². The number of hydrogen-bond acceptors (Lipinski definition) is 15. The molecule has 6 atom stereocenters. The molecule has 0 aliphatic carbocycles. The Morgan fingerprint density at radius 2 is 0.515 bits per heavy atom. The van der Waals surface area contributed by atoms with Gasteiger partial charge >= 0.3 is 39.5 Å². The summed E-state index contributed by atoms with van der Waals surface area (Å²) in [6.07, 6.45) is 58.3. The molecule has 0 amide bonds. The molecule has 0 fully saturated rings. The number of phosphoric acid groups is 2. The number of hydrogen-bond donors (Lipinski definition) is 3. The second-order valence-electron chi connectivity index (χ2n) is 30.0. The van der Waals surface area contributed by atoms with E-state index in [1.807, 2.05) is 0 Å². The second-order valence-corrected chi connectivity index (χ2v) is 32.9.